The molecule has 0 radical (unpaired) electrons. The molecule has 0 saturated carbocycles. The molecule has 0 bridgehead atoms. The van der Waals surface area contributed by atoms with Gasteiger partial charge in [-0.3, -0.25) is 4.79 Å². The summed E-state index contributed by atoms with van der Waals surface area (Å²) in [6.07, 6.45) is -5.24. The molecule has 1 rings (SSSR count). The zero-order chi connectivity index (χ0) is 11.6. The molecule has 5 atom stereocenters. The van der Waals surface area contributed by atoms with Crippen molar-refractivity contribution in [2.75, 3.05) is 6.61 Å². The van der Waals surface area contributed by atoms with Crippen LogP contribution < -0.4 is 5.32 Å². The van der Waals surface area contributed by atoms with E-state index in [0.29, 0.717) is 0 Å². The maximum absolute atomic E-state index is 10.7. The van der Waals surface area contributed by atoms with Gasteiger partial charge < -0.3 is 30.5 Å². The molecule has 1 aliphatic rings. The lowest BCUT2D eigenvalue weighted by Crippen LogP contribution is -2.63. The minimum absolute atomic E-state index is 0.462. The topological polar surface area (TPSA) is 119 Å². The molecule has 0 aromatic rings. The van der Waals surface area contributed by atoms with E-state index in [4.69, 9.17) is 9.84 Å². The van der Waals surface area contributed by atoms with Crippen LogP contribution in [0, 0.1) is 0 Å². The average molecular weight is 221 g/mol. The van der Waals surface area contributed by atoms with Gasteiger partial charge in [0.2, 0.25) is 5.91 Å². The van der Waals surface area contributed by atoms with E-state index >= 15 is 0 Å². The van der Waals surface area contributed by atoms with E-state index < -0.39 is 43.2 Å². The second-order valence-corrected chi connectivity index (χ2v) is 3.46. The Morgan fingerprint density at radius 2 is 1.93 bits per heavy atom. The zero-order valence-corrected chi connectivity index (χ0v) is 8.20. The van der Waals surface area contributed by atoms with Gasteiger partial charge in [0.25, 0.3) is 0 Å². The summed E-state index contributed by atoms with van der Waals surface area (Å²) in [6, 6.07) is -1.10. The van der Waals surface area contributed by atoms with Crippen LogP contribution in [0.25, 0.3) is 0 Å². The highest BCUT2D eigenvalue weighted by Crippen LogP contribution is 2.19. The number of hydrogen-bond donors (Lipinski definition) is 5. The molecule has 0 aromatic carbocycles. The van der Waals surface area contributed by atoms with Crippen LogP contribution in [0.3, 0.4) is 0 Å². The summed E-state index contributed by atoms with van der Waals surface area (Å²) in [5.74, 6) is -0.462. The molecular weight excluding hydrogens is 206 g/mol. The van der Waals surface area contributed by atoms with Gasteiger partial charge in [0.15, 0.2) is 6.29 Å². The van der Waals surface area contributed by atoms with Gasteiger partial charge in [-0.15, -0.1) is 0 Å². The molecule has 88 valence electrons. The van der Waals surface area contributed by atoms with Crippen molar-refractivity contribution in [1.82, 2.24) is 5.32 Å². The van der Waals surface area contributed by atoms with E-state index in [1.54, 1.807) is 0 Å². The number of carbonyl (C=O) groups excluding carboxylic acids is 1. The first-order valence-electron chi connectivity index (χ1n) is 4.55. The van der Waals surface area contributed by atoms with Gasteiger partial charge in [-0.05, 0) is 0 Å². The summed E-state index contributed by atoms with van der Waals surface area (Å²) < 4.78 is 4.81. The van der Waals surface area contributed by atoms with E-state index in [0.717, 1.165) is 0 Å². The molecule has 7 heteroatoms. The molecule has 0 unspecified atom stereocenters. The number of hydrogen-bond acceptors (Lipinski definition) is 6. The van der Waals surface area contributed by atoms with Crippen LogP contribution >= 0.6 is 0 Å². The average Bonchev–Trinajstić information content (AvgIpc) is 2.18. The molecule has 1 heterocycles. The molecule has 0 aliphatic carbocycles. The minimum atomic E-state index is -1.45. The highest BCUT2D eigenvalue weighted by Gasteiger charge is 2.43. The van der Waals surface area contributed by atoms with Crippen LogP contribution in [-0.2, 0) is 9.53 Å². The fourth-order valence-corrected chi connectivity index (χ4v) is 1.49. The number of rotatable bonds is 2. The van der Waals surface area contributed by atoms with Crippen molar-refractivity contribution in [2.45, 2.75) is 37.6 Å². The van der Waals surface area contributed by atoms with Gasteiger partial charge >= 0.3 is 0 Å². The van der Waals surface area contributed by atoms with Gasteiger partial charge in [0, 0.05) is 6.92 Å². The van der Waals surface area contributed by atoms with Gasteiger partial charge in [-0.25, -0.2) is 0 Å². The standard InChI is InChI=1S/C8H15NO6/c1-3(11)9-5-7(13)6(12)4(2-10)15-8(5)14/h4-8,10,12-14H,2H2,1H3,(H,9,11)/t4-,5+,6-,7-,8+/m1/s1. The second kappa shape index (κ2) is 4.86. The Kier molecular flexibility index (Phi) is 4.00. The number of aliphatic hydroxyl groups excluding tert-OH is 4. The first-order chi connectivity index (χ1) is 6.97. The monoisotopic (exact) mass is 221 g/mol. The lowest BCUT2D eigenvalue weighted by molar-refractivity contribution is -0.253. The molecule has 15 heavy (non-hydrogen) atoms. The summed E-state index contributed by atoms with van der Waals surface area (Å²) in [4.78, 5) is 10.7. The SMILES string of the molecule is CC(=O)N[C@H]1[C@@H](O)[C@H](O)[C@@H](CO)O[C@@H]1O. The van der Waals surface area contributed by atoms with Crippen molar-refractivity contribution in [2.24, 2.45) is 0 Å². The number of amides is 1. The lowest BCUT2D eigenvalue weighted by atomic mass is 9.97. The molecule has 5 N–H and O–H groups in total. The predicted octanol–water partition coefficient (Wildman–Crippen LogP) is -3.08. The van der Waals surface area contributed by atoms with E-state index in [1.165, 1.54) is 6.92 Å². The normalized spacial score (nSPS) is 41.3. The smallest absolute Gasteiger partial charge is 0.217 e. The zero-order valence-electron chi connectivity index (χ0n) is 8.20. The van der Waals surface area contributed by atoms with Crippen molar-refractivity contribution in [3.63, 3.8) is 0 Å². The fraction of sp³-hybridized carbons (Fsp3) is 0.875. The summed E-state index contributed by atoms with van der Waals surface area (Å²) >= 11 is 0. The third-order valence-corrected chi connectivity index (χ3v) is 2.27. The third kappa shape index (κ3) is 2.64. The van der Waals surface area contributed by atoms with Crippen molar-refractivity contribution >= 4 is 5.91 Å². The molecule has 7 nitrogen and oxygen atoms in total. The largest absolute Gasteiger partial charge is 0.394 e. The molecule has 0 aromatic heterocycles. The summed E-state index contributed by atoms with van der Waals surface area (Å²) in [5, 5.41) is 39.4. The Bertz CT molecular complexity index is 235. The summed E-state index contributed by atoms with van der Waals surface area (Å²) in [5.41, 5.74) is 0. The highest BCUT2D eigenvalue weighted by atomic mass is 16.6. The molecule has 1 saturated heterocycles. The Balaban J connectivity index is 2.70. The molecule has 1 amide bonds. The van der Waals surface area contributed by atoms with Gasteiger partial charge in [-0.2, -0.15) is 0 Å². The first-order valence-corrected chi connectivity index (χ1v) is 4.55. The molecular formula is C8H15NO6. The Morgan fingerprint density at radius 3 is 2.40 bits per heavy atom. The van der Waals surface area contributed by atoms with Gasteiger partial charge in [-0.1, -0.05) is 0 Å². The highest BCUT2D eigenvalue weighted by molar-refractivity contribution is 5.73. The van der Waals surface area contributed by atoms with E-state index in [2.05, 4.69) is 5.32 Å². The summed E-state index contributed by atoms with van der Waals surface area (Å²) in [7, 11) is 0. The van der Waals surface area contributed by atoms with Crippen LogP contribution in [0.1, 0.15) is 6.92 Å². The number of ether oxygens (including phenoxy) is 1. The van der Waals surface area contributed by atoms with Gasteiger partial charge in [0.1, 0.15) is 24.4 Å². The Labute approximate surface area is 86.3 Å². The molecule has 0 spiro atoms. The molecule has 1 aliphatic heterocycles. The first kappa shape index (κ1) is 12.3. The minimum Gasteiger partial charge on any atom is -0.394 e. The van der Waals surface area contributed by atoms with Crippen LogP contribution in [-0.4, -0.2) is 63.6 Å². The number of nitrogens with one attached hydrogen (secondary N) is 1. The van der Waals surface area contributed by atoms with Crippen LogP contribution in [0.2, 0.25) is 0 Å². The van der Waals surface area contributed by atoms with Crippen molar-refractivity contribution in [3.8, 4) is 0 Å². The van der Waals surface area contributed by atoms with Crippen LogP contribution in [0.15, 0.2) is 0 Å². The number of carbonyl (C=O) groups is 1. The molecule has 1 fully saturated rings. The Hall–Kier alpha value is -0.730. The van der Waals surface area contributed by atoms with Crippen molar-refractivity contribution in [1.29, 1.82) is 0 Å². The van der Waals surface area contributed by atoms with Crippen LogP contribution in [0.5, 0.6) is 0 Å². The third-order valence-electron chi connectivity index (χ3n) is 2.27. The number of aliphatic hydroxyl groups is 4. The van der Waals surface area contributed by atoms with E-state index in [1.807, 2.05) is 0 Å². The second-order valence-electron chi connectivity index (χ2n) is 3.46. The van der Waals surface area contributed by atoms with Gasteiger partial charge in [0.05, 0.1) is 6.61 Å². The summed E-state index contributed by atoms with van der Waals surface area (Å²) in [6.45, 7) is 0.687. The van der Waals surface area contributed by atoms with Crippen molar-refractivity contribution < 1.29 is 30.0 Å². The quantitative estimate of drug-likeness (QED) is 0.337. The maximum Gasteiger partial charge on any atom is 0.217 e. The van der Waals surface area contributed by atoms with Crippen LogP contribution in [0.4, 0.5) is 0 Å². The maximum atomic E-state index is 10.7. The fourth-order valence-electron chi connectivity index (χ4n) is 1.49. The predicted molar refractivity (Wildman–Crippen MR) is 47.6 cm³/mol. The lowest BCUT2D eigenvalue weighted by Gasteiger charge is -2.40. The van der Waals surface area contributed by atoms with E-state index in [9.17, 15) is 20.1 Å². The Morgan fingerprint density at radius 1 is 1.33 bits per heavy atom. The van der Waals surface area contributed by atoms with Crippen molar-refractivity contribution in [3.05, 3.63) is 0 Å². The van der Waals surface area contributed by atoms with E-state index in [-0.39, 0.29) is 0 Å².